The van der Waals surface area contributed by atoms with Gasteiger partial charge in [-0.05, 0) is 56.0 Å². The molecule has 0 bridgehead atoms. The van der Waals surface area contributed by atoms with E-state index in [-0.39, 0.29) is 18.5 Å². The van der Waals surface area contributed by atoms with Crippen LogP contribution in [-0.4, -0.2) is 35.7 Å². The van der Waals surface area contributed by atoms with Gasteiger partial charge in [0.1, 0.15) is 12.4 Å². The Kier molecular flexibility index (Phi) is 7.25. The van der Waals surface area contributed by atoms with Gasteiger partial charge < -0.3 is 19.9 Å². The minimum atomic E-state index is -0.768. The molecule has 0 saturated heterocycles. The van der Waals surface area contributed by atoms with E-state index in [4.69, 9.17) is 9.47 Å². The van der Waals surface area contributed by atoms with Crippen molar-refractivity contribution in [2.45, 2.75) is 44.9 Å². The molecule has 2 N–H and O–H groups in total. The van der Waals surface area contributed by atoms with Crippen molar-refractivity contribution in [3.05, 3.63) is 65.7 Å². The average molecular weight is 397 g/mol. The SMILES string of the molecule is CCOC(=O)C1CCCC(O)C1NC(=O)c1ccc(OCc2ccccc2)cc1. The summed E-state index contributed by atoms with van der Waals surface area (Å²) in [7, 11) is 0. The molecule has 1 aliphatic rings. The van der Waals surface area contributed by atoms with Crippen LogP contribution in [0, 0.1) is 5.92 Å². The Labute approximate surface area is 170 Å². The number of ether oxygens (including phenoxy) is 2. The topological polar surface area (TPSA) is 84.9 Å². The van der Waals surface area contributed by atoms with Gasteiger partial charge in [0.2, 0.25) is 0 Å². The van der Waals surface area contributed by atoms with E-state index in [0.29, 0.717) is 30.8 Å². The van der Waals surface area contributed by atoms with Crippen LogP contribution in [0.1, 0.15) is 42.1 Å². The maximum atomic E-state index is 12.7. The number of benzene rings is 2. The molecular weight excluding hydrogens is 370 g/mol. The van der Waals surface area contributed by atoms with E-state index in [2.05, 4.69) is 5.32 Å². The van der Waals surface area contributed by atoms with Crippen LogP contribution in [0.15, 0.2) is 54.6 Å². The quantitative estimate of drug-likeness (QED) is 0.702. The maximum Gasteiger partial charge on any atom is 0.311 e. The molecule has 0 aromatic heterocycles. The van der Waals surface area contributed by atoms with Crippen molar-refractivity contribution in [2.24, 2.45) is 5.92 Å². The van der Waals surface area contributed by atoms with Crippen LogP contribution in [-0.2, 0) is 16.1 Å². The second-order valence-corrected chi connectivity index (χ2v) is 7.15. The van der Waals surface area contributed by atoms with E-state index in [1.807, 2.05) is 30.3 Å². The molecule has 2 aromatic rings. The third-order valence-corrected chi connectivity index (χ3v) is 5.11. The minimum absolute atomic E-state index is 0.274. The third kappa shape index (κ3) is 5.57. The number of esters is 1. The molecule has 2 aromatic carbocycles. The zero-order chi connectivity index (χ0) is 20.6. The number of hydrogen-bond donors (Lipinski definition) is 2. The molecule has 29 heavy (non-hydrogen) atoms. The van der Waals surface area contributed by atoms with E-state index in [0.717, 1.165) is 12.0 Å². The zero-order valence-corrected chi connectivity index (χ0v) is 16.5. The first-order chi connectivity index (χ1) is 14.1. The maximum absolute atomic E-state index is 12.7. The normalized spacial score (nSPS) is 21.2. The highest BCUT2D eigenvalue weighted by molar-refractivity contribution is 5.95. The first-order valence-electron chi connectivity index (χ1n) is 10.0. The molecule has 1 fully saturated rings. The molecule has 154 valence electrons. The summed E-state index contributed by atoms with van der Waals surface area (Å²) in [5, 5.41) is 13.2. The molecule has 6 nitrogen and oxygen atoms in total. The van der Waals surface area contributed by atoms with Crippen molar-refractivity contribution in [1.82, 2.24) is 5.32 Å². The van der Waals surface area contributed by atoms with E-state index in [1.165, 1.54) is 0 Å². The summed E-state index contributed by atoms with van der Waals surface area (Å²) in [5.41, 5.74) is 1.50. The van der Waals surface area contributed by atoms with E-state index in [9.17, 15) is 14.7 Å². The number of rotatable bonds is 7. The highest BCUT2D eigenvalue weighted by Crippen LogP contribution is 2.26. The second kappa shape index (κ2) is 10.1. The first-order valence-corrected chi connectivity index (χ1v) is 10.0. The van der Waals surface area contributed by atoms with Crippen molar-refractivity contribution in [1.29, 1.82) is 0 Å². The number of amides is 1. The van der Waals surface area contributed by atoms with Gasteiger partial charge in [-0.2, -0.15) is 0 Å². The molecule has 1 saturated carbocycles. The first kappa shape index (κ1) is 20.9. The lowest BCUT2D eigenvalue weighted by atomic mass is 9.82. The van der Waals surface area contributed by atoms with Crippen molar-refractivity contribution >= 4 is 11.9 Å². The van der Waals surface area contributed by atoms with Crippen LogP contribution < -0.4 is 10.1 Å². The van der Waals surface area contributed by atoms with Gasteiger partial charge in [-0.3, -0.25) is 9.59 Å². The fourth-order valence-corrected chi connectivity index (χ4v) is 3.56. The predicted octanol–water partition coefficient (Wildman–Crippen LogP) is 3.09. The molecule has 1 aliphatic carbocycles. The highest BCUT2D eigenvalue weighted by Gasteiger charge is 2.38. The lowest BCUT2D eigenvalue weighted by Gasteiger charge is -2.34. The van der Waals surface area contributed by atoms with Crippen LogP contribution in [0.2, 0.25) is 0 Å². The van der Waals surface area contributed by atoms with Crippen molar-refractivity contribution < 1.29 is 24.2 Å². The number of carbonyl (C=O) groups excluding carboxylic acids is 2. The Bertz CT molecular complexity index is 806. The average Bonchev–Trinajstić information content (AvgIpc) is 2.75. The summed E-state index contributed by atoms with van der Waals surface area (Å²) in [6.45, 7) is 2.46. The molecule has 0 aliphatic heterocycles. The fraction of sp³-hybridized carbons (Fsp3) is 0.391. The van der Waals surface area contributed by atoms with E-state index < -0.39 is 18.1 Å². The number of hydrogen-bond acceptors (Lipinski definition) is 5. The van der Waals surface area contributed by atoms with Crippen LogP contribution in [0.4, 0.5) is 0 Å². The Morgan fingerprint density at radius 2 is 1.79 bits per heavy atom. The Morgan fingerprint density at radius 3 is 2.48 bits per heavy atom. The van der Waals surface area contributed by atoms with Crippen LogP contribution in [0.5, 0.6) is 5.75 Å². The van der Waals surface area contributed by atoms with Crippen LogP contribution >= 0.6 is 0 Å². The Morgan fingerprint density at radius 1 is 1.07 bits per heavy atom. The predicted molar refractivity (Wildman–Crippen MR) is 108 cm³/mol. The Balaban J connectivity index is 1.61. The smallest absolute Gasteiger partial charge is 0.311 e. The summed E-state index contributed by atoms with van der Waals surface area (Å²) >= 11 is 0. The zero-order valence-electron chi connectivity index (χ0n) is 16.5. The lowest BCUT2D eigenvalue weighted by Crippen LogP contribution is -2.53. The standard InChI is InChI=1S/C23H27NO5/c1-2-28-23(27)19-9-6-10-20(25)21(19)24-22(26)17-11-13-18(14-12-17)29-15-16-7-4-3-5-8-16/h3-5,7-8,11-14,19-21,25H,2,6,9-10,15H2,1H3,(H,24,26). The minimum Gasteiger partial charge on any atom is -0.489 e. The van der Waals surface area contributed by atoms with Crippen molar-refractivity contribution in [2.75, 3.05) is 6.61 Å². The summed E-state index contributed by atoms with van der Waals surface area (Å²) in [4.78, 5) is 24.9. The largest absolute Gasteiger partial charge is 0.489 e. The summed E-state index contributed by atoms with van der Waals surface area (Å²) < 4.78 is 10.8. The summed E-state index contributed by atoms with van der Waals surface area (Å²) in [6, 6.07) is 16.0. The Hall–Kier alpha value is -2.86. The van der Waals surface area contributed by atoms with Gasteiger partial charge in [-0.15, -0.1) is 0 Å². The van der Waals surface area contributed by atoms with Gasteiger partial charge in [0, 0.05) is 5.56 Å². The number of aliphatic hydroxyl groups is 1. The fourth-order valence-electron chi connectivity index (χ4n) is 3.56. The summed E-state index contributed by atoms with van der Waals surface area (Å²) in [5.74, 6) is -0.579. The van der Waals surface area contributed by atoms with Gasteiger partial charge in [0.15, 0.2) is 0 Å². The third-order valence-electron chi connectivity index (χ3n) is 5.11. The van der Waals surface area contributed by atoms with Crippen molar-refractivity contribution in [3.8, 4) is 5.75 Å². The number of nitrogens with one attached hydrogen (secondary N) is 1. The molecule has 0 heterocycles. The molecular formula is C23H27NO5. The number of aliphatic hydroxyl groups excluding tert-OH is 1. The molecule has 6 heteroatoms. The van der Waals surface area contributed by atoms with E-state index in [1.54, 1.807) is 31.2 Å². The highest BCUT2D eigenvalue weighted by atomic mass is 16.5. The molecule has 1 amide bonds. The van der Waals surface area contributed by atoms with Gasteiger partial charge in [-0.25, -0.2) is 0 Å². The number of carbonyl (C=O) groups is 2. The van der Waals surface area contributed by atoms with E-state index >= 15 is 0 Å². The van der Waals surface area contributed by atoms with Crippen LogP contribution in [0.3, 0.4) is 0 Å². The molecule has 3 unspecified atom stereocenters. The molecule has 0 radical (unpaired) electrons. The van der Waals surface area contributed by atoms with Gasteiger partial charge >= 0.3 is 5.97 Å². The molecule has 0 spiro atoms. The van der Waals surface area contributed by atoms with Gasteiger partial charge in [0.25, 0.3) is 5.91 Å². The lowest BCUT2D eigenvalue weighted by molar-refractivity contribution is -0.151. The summed E-state index contributed by atoms with van der Waals surface area (Å²) in [6.07, 6.45) is 1.10. The molecule has 3 rings (SSSR count). The van der Waals surface area contributed by atoms with Gasteiger partial charge in [0.05, 0.1) is 24.7 Å². The molecule has 3 atom stereocenters. The monoisotopic (exact) mass is 397 g/mol. The van der Waals surface area contributed by atoms with Crippen molar-refractivity contribution in [3.63, 3.8) is 0 Å². The van der Waals surface area contributed by atoms with Gasteiger partial charge in [-0.1, -0.05) is 30.3 Å². The second-order valence-electron chi connectivity index (χ2n) is 7.15. The van der Waals surface area contributed by atoms with Crippen LogP contribution in [0.25, 0.3) is 0 Å².